The lowest BCUT2D eigenvalue weighted by Gasteiger charge is -2.25. The number of rotatable bonds is 10. The molecule has 4 aliphatic carbocycles. The summed E-state index contributed by atoms with van der Waals surface area (Å²) in [6.45, 7) is 0. The van der Waals surface area contributed by atoms with E-state index in [1.807, 2.05) is 121 Å². The van der Waals surface area contributed by atoms with Crippen LogP contribution in [0.3, 0.4) is 0 Å². The van der Waals surface area contributed by atoms with E-state index < -0.39 is 0 Å². The highest BCUT2D eigenvalue weighted by molar-refractivity contribution is 5.79. The van der Waals surface area contributed by atoms with Crippen molar-refractivity contribution >= 4 is 34.1 Å². The van der Waals surface area contributed by atoms with Crippen molar-refractivity contribution in [1.29, 1.82) is 0 Å². The maximum Gasteiger partial charge on any atom is 0.119 e. The van der Waals surface area contributed by atoms with Crippen LogP contribution in [0, 0.1) is 47.4 Å². The van der Waals surface area contributed by atoms with Gasteiger partial charge in [0.2, 0.25) is 0 Å². The number of aryl methyl sites for hydroxylation is 4. The summed E-state index contributed by atoms with van der Waals surface area (Å²) in [4.78, 5) is 4.37. The third kappa shape index (κ3) is 11.1. The van der Waals surface area contributed by atoms with Crippen LogP contribution in [-0.4, -0.2) is 28.4 Å². The Labute approximate surface area is 412 Å². The van der Waals surface area contributed by atoms with Crippen LogP contribution < -0.4 is 28.7 Å². The molecular weight excluding hydrogens is 861 g/mol. The second kappa shape index (κ2) is 22.1. The lowest BCUT2D eigenvalue weighted by molar-refractivity contribution is 0.414. The van der Waals surface area contributed by atoms with Crippen molar-refractivity contribution in [2.75, 3.05) is 38.2 Å². The number of ether oxygens (including phenoxy) is 4. The molecule has 6 heteroatoms. The summed E-state index contributed by atoms with van der Waals surface area (Å²) in [5.74, 6) is 29.1. The Kier molecular flexibility index (Phi) is 14.5. The lowest BCUT2D eigenvalue weighted by Crippen LogP contribution is -2.09. The summed E-state index contributed by atoms with van der Waals surface area (Å²) in [6.07, 6.45) is 3.45. The van der Waals surface area contributed by atoms with Crippen molar-refractivity contribution in [1.82, 2.24) is 0 Å². The summed E-state index contributed by atoms with van der Waals surface area (Å²) >= 11 is 0. The molecule has 0 aliphatic heterocycles. The van der Waals surface area contributed by atoms with Gasteiger partial charge in [-0.25, -0.2) is 0 Å². The minimum atomic E-state index is 0.803. The molecule has 4 bridgehead atoms. The van der Waals surface area contributed by atoms with Gasteiger partial charge in [0.15, 0.2) is 0 Å². The predicted molar refractivity (Wildman–Crippen MR) is 284 cm³/mol. The first kappa shape index (κ1) is 45.9. The third-order valence-corrected chi connectivity index (χ3v) is 12.2. The van der Waals surface area contributed by atoms with Crippen LogP contribution >= 0.6 is 0 Å². The van der Waals surface area contributed by atoms with E-state index in [2.05, 4.69) is 118 Å². The van der Waals surface area contributed by atoms with E-state index in [1.165, 1.54) is 22.3 Å². The second-order valence-electron chi connectivity index (χ2n) is 16.5. The molecule has 12 rings (SSSR count). The zero-order valence-electron chi connectivity index (χ0n) is 39.7. The van der Waals surface area contributed by atoms with Crippen molar-refractivity contribution in [2.45, 2.75) is 25.7 Å². The molecule has 0 saturated carbocycles. The first-order valence-electron chi connectivity index (χ1n) is 23.1. The number of hydrogen-bond acceptors (Lipinski definition) is 6. The Morgan fingerprint density at radius 3 is 0.857 bits per heavy atom. The van der Waals surface area contributed by atoms with Gasteiger partial charge in [0.25, 0.3) is 0 Å². The zero-order chi connectivity index (χ0) is 48.1. The molecular formula is C64H50N2O4. The maximum atomic E-state index is 5.41. The highest BCUT2D eigenvalue weighted by Crippen LogP contribution is 2.38. The van der Waals surface area contributed by atoms with Gasteiger partial charge >= 0.3 is 0 Å². The molecule has 8 aromatic rings. The van der Waals surface area contributed by atoms with Gasteiger partial charge in [0.05, 0.1) is 28.4 Å². The van der Waals surface area contributed by atoms with Gasteiger partial charge in [0, 0.05) is 56.4 Å². The van der Waals surface area contributed by atoms with E-state index in [0.717, 1.165) is 105 Å². The van der Waals surface area contributed by atoms with Gasteiger partial charge in [-0.05, 0) is 229 Å². The highest BCUT2D eigenvalue weighted by atomic mass is 16.5. The van der Waals surface area contributed by atoms with Crippen molar-refractivity contribution < 1.29 is 18.9 Å². The van der Waals surface area contributed by atoms with E-state index >= 15 is 0 Å². The van der Waals surface area contributed by atoms with Gasteiger partial charge < -0.3 is 28.7 Å². The zero-order valence-corrected chi connectivity index (χ0v) is 39.7. The molecule has 0 aromatic heterocycles. The Hall–Kier alpha value is -9.20. The number of benzene rings is 8. The highest BCUT2D eigenvalue weighted by Gasteiger charge is 2.15. The Morgan fingerprint density at radius 1 is 0.300 bits per heavy atom. The molecule has 0 amide bonds. The van der Waals surface area contributed by atoms with E-state index in [9.17, 15) is 0 Å². The van der Waals surface area contributed by atoms with Crippen molar-refractivity contribution in [3.63, 3.8) is 0 Å². The monoisotopic (exact) mass is 910 g/mol. The van der Waals surface area contributed by atoms with Crippen LogP contribution in [-0.2, 0) is 25.7 Å². The van der Waals surface area contributed by atoms with Gasteiger partial charge in [-0.15, -0.1) is 0 Å². The molecule has 340 valence electrons. The van der Waals surface area contributed by atoms with Gasteiger partial charge in [-0.1, -0.05) is 47.9 Å². The summed E-state index contributed by atoms with van der Waals surface area (Å²) in [5.41, 5.74) is 14.8. The van der Waals surface area contributed by atoms with Crippen LogP contribution in [0.1, 0.15) is 44.5 Å². The molecule has 0 atom stereocenters. The molecule has 0 N–H and O–H groups in total. The minimum Gasteiger partial charge on any atom is -0.497 e. The molecule has 0 heterocycles. The second-order valence-corrected chi connectivity index (χ2v) is 16.5. The van der Waals surface area contributed by atoms with E-state index in [0.29, 0.717) is 0 Å². The Bertz CT molecular complexity index is 3030. The minimum absolute atomic E-state index is 0.803. The largest absolute Gasteiger partial charge is 0.497 e. The first-order valence-corrected chi connectivity index (χ1v) is 23.1. The molecule has 0 spiro atoms. The standard InChI is InChI=1S/C64H50N2O4/c1-67-61-37-29-57(30-38-61)65(58-31-39-62(68-2)40-32-58)55-25-17-47(18-26-55)9-5-7-11-53-45-49-13-21-51(53)23-15-50-14-22-52(24-16-49)54(46-50)12-8-6-10-48-19-27-56(28-20-48)66(59-33-41-63(69-3)42-34-59)60-35-43-64(70-4)44-36-60/h13-14,17-22,25-46H,15-16,23-24H2,1-4H3. The third-order valence-electron chi connectivity index (χ3n) is 12.2. The lowest BCUT2D eigenvalue weighted by atomic mass is 9.91. The van der Waals surface area contributed by atoms with E-state index in [-0.39, 0.29) is 0 Å². The van der Waals surface area contributed by atoms with Crippen LogP contribution in [0.5, 0.6) is 23.0 Å². The average Bonchev–Trinajstić information content (AvgIpc) is 3.41. The van der Waals surface area contributed by atoms with Crippen LogP contribution in [0.4, 0.5) is 34.1 Å². The van der Waals surface area contributed by atoms with Gasteiger partial charge in [0.1, 0.15) is 23.0 Å². The smallest absolute Gasteiger partial charge is 0.119 e. The molecule has 0 saturated heterocycles. The van der Waals surface area contributed by atoms with Crippen molar-refractivity contribution in [3.8, 4) is 70.4 Å². The molecule has 4 aliphatic rings. The summed E-state index contributed by atoms with van der Waals surface area (Å²) in [7, 11) is 6.69. The predicted octanol–water partition coefficient (Wildman–Crippen LogP) is 13.4. The summed E-state index contributed by atoms with van der Waals surface area (Å²) in [5, 5.41) is 0. The Balaban J connectivity index is 0.872. The van der Waals surface area contributed by atoms with Gasteiger partial charge in [-0.3, -0.25) is 0 Å². The van der Waals surface area contributed by atoms with Crippen molar-refractivity contribution in [3.05, 3.63) is 226 Å². The van der Waals surface area contributed by atoms with Crippen LogP contribution in [0.25, 0.3) is 0 Å². The molecule has 70 heavy (non-hydrogen) atoms. The number of hydrogen-bond donors (Lipinski definition) is 0. The average molecular weight is 911 g/mol. The summed E-state index contributed by atoms with van der Waals surface area (Å²) in [6, 6.07) is 62.0. The van der Waals surface area contributed by atoms with Crippen LogP contribution in [0.15, 0.2) is 182 Å². The normalized spacial score (nSPS) is 11.0. The maximum absolute atomic E-state index is 5.41. The SMILES string of the molecule is COc1ccc(N(c2ccc(C#CC#Cc3cc4ccc3CCc3ccc(c(C#CC#Cc5ccc(N(c6ccc(OC)cc6)c6ccc(OC)cc6)cc5)c3)CC4)cc2)c2ccc(OC)cc2)cc1. The van der Waals surface area contributed by atoms with Crippen LogP contribution in [0.2, 0.25) is 0 Å². The first-order chi connectivity index (χ1) is 34.5. The van der Waals surface area contributed by atoms with Gasteiger partial charge in [-0.2, -0.15) is 0 Å². The molecule has 0 radical (unpaired) electrons. The fourth-order valence-electron chi connectivity index (χ4n) is 8.40. The fourth-order valence-corrected chi connectivity index (χ4v) is 8.40. The summed E-state index contributed by atoms with van der Waals surface area (Å²) < 4.78 is 21.7. The van der Waals surface area contributed by atoms with E-state index in [4.69, 9.17) is 18.9 Å². The topological polar surface area (TPSA) is 43.4 Å². The van der Waals surface area contributed by atoms with Crippen molar-refractivity contribution in [2.24, 2.45) is 0 Å². The fraction of sp³-hybridized carbons (Fsp3) is 0.125. The van der Waals surface area contributed by atoms with E-state index in [1.54, 1.807) is 28.4 Å². The molecule has 0 unspecified atom stereocenters. The number of nitrogens with zero attached hydrogens (tertiary/aromatic N) is 2. The molecule has 8 aromatic carbocycles. The molecule has 6 nitrogen and oxygen atoms in total. The quantitative estimate of drug-likeness (QED) is 0.127. The molecule has 0 fully saturated rings. The number of methoxy groups -OCH3 is 4. The number of anilines is 6. The Morgan fingerprint density at radius 2 is 0.571 bits per heavy atom.